The largest absolute Gasteiger partial charge is 0.324 e. The lowest BCUT2D eigenvalue weighted by molar-refractivity contribution is -0.123. The van der Waals surface area contributed by atoms with Gasteiger partial charge in [0.2, 0.25) is 5.91 Å². The number of hydrogen-bond donors (Lipinski definition) is 1. The van der Waals surface area contributed by atoms with Crippen LogP contribution in [0.4, 0.5) is 5.69 Å². The summed E-state index contributed by atoms with van der Waals surface area (Å²) in [5, 5.41) is 2.92. The minimum absolute atomic E-state index is 0.0187. The molecule has 0 aliphatic carbocycles. The molecule has 1 rings (SSSR count). The van der Waals surface area contributed by atoms with Gasteiger partial charge in [-0.25, -0.2) is 0 Å². The quantitative estimate of drug-likeness (QED) is 0.630. The molecule has 1 aromatic rings. The molecule has 0 atom stereocenters. The van der Waals surface area contributed by atoms with E-state index in [1.807, 2.05) is 20.8 Å². The first-order valence-electron chi connectivity index (χ1n) is 6.38. The highest BCUT2D eigenvalue weighted by Crippen LogP contribution is 2.19. The van der Waals surface area contributed by atoms with Crippen LogP contribution >= 0.6 is 0 Å². The van der Waals surface area contributed by atoms with E-state index < -0.39 is 13.5 Å². The molecule has 1 aromatic heterocycles. The smallest absolute Gasteiger partial charge is 0.229 e. The Bertz CT molecular complexity index is 528. The fourth-order valence-electron chi connectivity index (χ4n) is 1.17. The zero-order valence-electron chi connectivity index (χ0n) is 12.6. The van der Waals surface area contributed by atoms with Gasteiger partial charge < -0.3 is 5.32 Å². The molecule has 0 aliphatic heterocycles. The highest BCUT2D eigenvalue weighted by Gasteiger charge is 2.21. The number of anilines is 1. The molecule has 0 bridgehead atoms. The third-order valence-corrected chi connectivity index (χ3v) is 3.20. The average Bonchev–Trinajstić information content (AvgIpc) is 2.25. The molecular weight excluding hydrogens is 252 g/mol. The lowest BCUT2D eigenvalue weighted by atomic mass is 9.95. The molecule has 3 nitrogen and oxygen atoms in total. The van der Waals surface area contributed by atoms with E-state index >= 15 is 0 Å². The number of hydrogen-bond acceptors (Lipinski definition) is 2. The van der Waals surface area contributed by atoms with Crippen LogP contribution < -0.4 is 5.32 Å². The van der Waals surface area contributed by atoms with E-state index in [4.69, 9.17) is 0 Å². The van der Waals surface area contributed by atoms with E-state index in [0.717, 1.165) is 11.3 Å². The van der Waals surface area contributed by atoms with Gasteiger partial charge in [0.1, 0.15) is 8.07 Å². The molecule has 0 fully saturated rings. The summed E-state index contributed by atoms with van der Waals surface area (Å²) in [4.78, 5) is 16.1. The Hall–Kier alpha value is -1.60. The first kappa shape index (κ1) is 15.5. The van der Waals surface area contributed by atoms with Gasteiger partial charge in [-0.15, -0.1) is 5.54 Å². The van der Waals surface area contributed by atoms with Crippen LogP contribution in [0.1, 0.15) is 26.3 Å². The second-order valence-corrected chi connectivity index (χ2v) is 11.4. The van der Waals surface area contributed by atoms with Crippen LogP contribution in [0, 0.1) is 16.9 Å². The van der Waals surface area contributed by atoms with Crippen molar-refractivity contribution in [3.63, 3.8) is 0 Å². The van der Waals surface area contributed by atoms with Crippen LogP contribution in [0.3, 0.4) is 0 Å². The topological polar surface area (TPSA) is 42.0 Å². The Labute approximate surface area is 116 Å². The summed E-state index contributed by atoms with van der Waals surface area (Å²) in [5.41, 5.74) is 4.38. The predicted molar refractivity (Wildman–Crippen MR) is 82.5 cm³/mol. The molecular formula is C15H22N2OSi. The van der Waals surface area contributed by atoms with Gasteiger partial charge in [-0.05, 0) is 6.07 Å². The Balaban J connectivity index is 3.03. The first-order chi connectivity index (χ1) is 8.59. The monoisotopic (exact) mass is 274 g/mol. The number of aromatic nitrogens is 1. The van der Waals surface area contributed by atoms with Crippen molar-refractivity contribution >= 4 is 19.7 Å². The molecule has 1 N–H and O–H groups in total. The van der Waals surface area contributed by atoms with Crippen LogP contribution in [0.2, 0.25) is 19.6 Å². The maximum absolute atomic E-state index is 12.0. The van der Waals surface area contributed by atoms with Crippen molar-refractivity contribution in [3.8, 4) is 11.5 Å². The normalized spacial score (nSPS) is 11.5. The predicted octanol–water partition coefficient (Wildman–Crippen LogP) is 3.30. The van der Waals surface area contributed by atoms with E-state index in [9.17, 15) is 4.79 Å². The van der Waals surface area contributed by atoms with Gasteiger partial charge in [0, 0.05) is 17.8 Å². The summed E-state index contributed by atoms with van der Waals surface area (Å²) in [6.45, 7) is 12.2. The first-order valence-corrected chi connectivity index (χ1v) is 9.88. The van der Waals surface area contributed by atoms with E-state index in [-0.39, 0.29) is 5.91 Å². The molecule has 1 heterocycles. The number of rotatable bonds is 1. The summed E-state index contributed by atoms with van der Waals surface area (Å²) in [5.74, 6) is 3.13. The highest BCUT2D eigenvalue weighted by atomic mass is 28.3. The van der Waals surface area contributed by atoms with Crippen molar-refractivity contribution < 1.29 is 4.79 Å². The molecule has 0 unspecified atom stereocenters. The molecule has 102 valence electrons. The summed E-state index contributed by atoms with van der Waals surface area (Å²) in [6, 6.07) is 1.79. The summed E-state index contributed by atoms with van der Waals surface area (Å²) < 4.78 is 0. The Morgan fingerprint density at radius 3 is 2.47 bits per heavy atom. The number of pyridine rings is 1. The molecule has 0 spiro atoms. The number of nitrogens with zero attached hydrogens (tertiary/aromatic N) is 1. The fourth-order valence-corrected chi connectivity index (χ4v) is 1.68. The molecule has 0 aromatic carbocycles. The van der Waals surface area contributed by atoms with Gasteiger partial charge >= 0.3 is 0 Å². The van der Waals surface area contributed by atoms with Gasteiger partial charge in [0.15, 0.2) is 0 Å². The molecule has 0 saturated carbocycles. The summed E-state index contributed by atoms with van der Waals surface area (Å²) >= 11 is 0. The molecule has 1 amide bonds. The molecule has 4 heteroatoms. The van der Waals surface area contributed by atoms with Crippen molar-refractivity contribution in [2.75, 3.05) is 5.32 Å². The Kier molecular flexibility index (Phi) is 4.54. The molecule has 19 heavy (non-hydrogen) atoms. The standard InChI is InChI=1S/C15H22N2OSi/c1-15(2,3)14(18)17-13-7-9-16-11-12(13)8-10-19(4,5)6/h7,9,11H,1-6H3,(H,16,17,18). The van der Waals surface area contributed by atoms with Gasteiger partial charge in [0.05, 0.1) is 11.3 Å². The lowest BCUT2D eigenvalue weighted by Gasteiger charge is -2.18. The van der Waals surface area contributed by atoms with E-state index in [1.165, 1.54) is 0 Å². The second-order valence-electron chi connectivity index (χ2n) is 6.63. The van der Waals surface area contributed by atoms with E-state index in [1.54, 1.807) is 18.5 Å². The Morgan fingerprint density at radius 2 is 1.95 bits per heavy atom. The number of carbonyl (C=O) groups is 1. The number of carbonyl (C=O) groups excluding carboxylic acids is 1. The van der Waals surface area contributed by atoms with Gasteiger partial charge in [-0.1, -0.05) is 46.3 Å². The van der Waals surface area contributed by atoms with Crippen LogP contribution in [-0.4, -0.2) is 19.0 Å². The van der Waals surface area contributed by atoms with Gasteiger partial charge in [0.25, 0.3) is 0 Å². The van der Waals surface area contributed by atoms with Crippen molar-refractivity contribution in [3.05, 3.63) is 24.0 Å². The van der Waals surface area contributed by atoms with E-state index in [2.05, 4.69) is 41.4 Å². The van der Waals surface area contributed by atoms with Crippen LogP contribution in [-0.2, 0) is 4.79 Å². The zero-order chi connectivity index (χ0) is 14.7. The third kappa shape index (κ3) is 5.27. The minimum atomic E-state index is -1.44. The van der Waals surface area contributed by atoms with E-state index in [0.29, 0.717) is 0 Å². The Morgan fingerprint density at radius 1 is 1.32 bits per heavy atom. The van der Waals surface area contributed by atoms with Crippen molar-refractivity contribution in [1.82, 2.24) is 4.98 Å². The van der Waals surface area contributed by atoms with Gasteiger partial charge in [-0.2, -0.15) is 0 Å². The molecule has 0 aliphatic rings. The zero-order valence-corrected chi connectivity index (χ0v) is 13.6. The number of amides is 1. The highest BCUT2D eigenvalue weighted by molar-refractivity contribution is 6.83. The maximum atomic E-state index is 12.0. The maximum Gasteiger partial charge on any atom is 0.229 e. The van der Waals surface area contributed by atoms with Crippen LogP contribution in [0.25, 0.3) is 0 Å². The lowest BCUT2D eigenvalue weighted by Crippen LogP contribution is -2.28. The summed E-state index contributed by atoms with van der Waals surface area (Å²) in [6.07, 6.45) is 3.36. The van der Waals surface area contributed by atoms with Crippen molar-refractivity contribution in [1.29, 1.82) is 0 Å². The fraction of sp³-hybridized carbons (Fsp3) is 0.467. The van der Waals surface area contributed by atoms with Crippen LogP contribution in [0.5, 0.6) is 0 Å². The van der Waals surface area contributed by atoms with Crippen LogP contribution in [0.15, 0.2) is 18.5 Å². The molecule has 0 radical (unpaired) electrons. The minimum Gasteiger partial charge on any atom is -0.324 e. The molecule has 0 saturated heterocycles. The third-order valence-electron chi connectivity index (χ3n) is 2.32. The van der Waals surface area contributed by atoms with Crippen molar-refractivity contribution in [2.24, 2.45) is 5.41 Å². The van der Waals surface area contributed by atoms with Crippen molar-refractivity contribution in [2.45, 2.75) is 40.4 Å². The second kappa shape index (κ2) is 5.58. The average molecular weight is 274 g/mol. The summed E-state index contributed by atoms with van der Waals surface area (Å²) in [7, 11) is -1.44. The SMILES string of the molecule is CC(C)(C)C(=O)Nc1ccncc1C#C[Si](C)(C)C. The van der Waals surface area contributed by atoms with Gasteiger partial charge in [-0.3, -0.25) is 9.78 Å². The number of nitrogens with one attached hydrogen (secondary N) is 1.